The maximum absolute atomic E-state index is 12.8. The quantitative estimate of drug-likeness (QED) is 0.710. The molecule has 9 heteroatoms. The monoisotopic (exact) mass is 440 g/mol. The van der Waals surface area contributed by atoms with Gasteiger partial charge in [0.2, 0.25) is 15.9 Å². The van der Waals surface area contributed by atoms with E-state index >= 15 is 0 Å². The number of aromatic nitrogens is 2. The van der Waals surface area contributed by atoms with Crippen LogP contribution in [0, 0.1) is 0 Å². The van der Waals surface area contributed by atoms with E-state index in [0.717, 1.165) is 23.1 Å². The highest BCUT2D eigenvalue weighted by molar-refractivity contribution is 9.10. The molecule has 4 rings (SSSR count). The second-order valence-corrected chi connectivity index (χ2v) is 9.69. The van der Waals surface area contributed by atoms with Crippen molar-refractivity contribution in [3.05, 3.63) is 40.5 Å². The van der Waals surface area contributed by atoms with Gasteiger partial charge in [-0.25, -0.2) is 8.42 Å². The predicted molar refractivity (Wildman–Crippen MR) is 99.2 cm³/mol. The Balaban J connectivity index is 1.41. The van der Waals surface area contributed by atoms with Crippen molar-refractivity contribution in [1.29, 1.82) is 0 Å². The number of nitrogens with zero attached hydrogens (tertiary/aromatic N) is 4. The summed E-state index contributed by atoms with van der Waals surface area (Å²) in [7, 11) is -3.47. The average Bonchev–Trinajstić information content (AvgIpc) is 3.38. The molecule has 0 N–H and O–H groups in total. The smallest absolute Gasteiger partial charge is 0.243 e. The number of hydrogen-bond acceptors (Lipinski definition) is 6. The lowest BCUT2D eigenvalue weighted by atomic mass is 10.2. The molecule has 1 aromatic carbocycles. The summed E-state index contributed by atoms with van der Waals surface area (Å²) in [5.41, 5.74) is 0. The zero-order valence-electron chi connectivity index (χ0n) is 14.5. The number of piperazine rings is 1. The van der Waals surface area contributed by atoms with Gasteiger partial charge < -0.3 is 4.52 Å². The van der Waals surface area contributed by atoms with Gasteiger partial charge in [0.15, 0.2) is 5.82 Å². The molecule has 26 heavy (non-hydrogen) atoms. The van der Waals surface area contributed by atoms with Gasteiger partial charge in [0.05, 0.1) is 10.9 Å². The van der Waals surface area contributed by atoms with Gasteiger partial charge >= 0.3 is 0 Å². The fraction of sp³-hybridized carbons (Fsp3) is 0.529. The minimum Gasteiger partial charge on any atom is -0.338 e. The highest BCUT2D eigenvalue weighted by Crippen LogP contribution is 2.38. The molecule has 2 heterocycles. The molecule has 1 aliphatic heterocycles. The first-order valence-electron chi connectivity index (χ1n) is 8.78. The first-order valence-corrected chi connectivity index (χ1v) is 11.0. The van der Waals surface area contributed by atoms with Crippen LogP contribution in [0.5, 0.6) is 0 Å². The van der Waals surface area contributed by atoms with Crippen LogP contribution in [0.25, 0.3) is 0 Å². The molecular formula is C17H21BrN4O3S. The summed E-state index contributed by atoms with van der Waals surface area (Å²) >= 11 is 3.34. The van der Waals surface area contributed by atoms with Gasteiger partial charge in [-0.3, -0.25) is 4.90 Å². The van der Waals surface area contributed by atoms with E-state index in [4.69, 9.17) is 4.52 Å². The minimum atomic E-state index is -3.47. The summed E-state index contributed by atoms with van der Waals surface area (Å²) in [5, 5.41) is 4.07. The van der Waals surface area contributed by atoms with Gasteiger partial charge in [-0.15, -0.1) is 0 Å². The van der Waals surface area contributed by atoms with Gasteiger partial charge in [-0.2, -0.15) is 9.29 Å². The molecule has 2 aromatic rings. The number of benzene rings is 1. The molecule has 2 aliphatic rings. The molecule has 1 atom stereocenters. The van der Waals surface area contributed by atoms with Crippen molar-refractivity contribution in [2.24, 2.45) is 0 Å². The molecule has 0 radical (unpaired) electrons. The second-order valence-electron chi connectivity index (χ2n) is 6.84. The van der Waals surface area contributed by atoms with E-state index in [2.05, 4.69) is 31.0 Å². The largest absolute Gasteiger partial charge is 0.338 e. The van der Waals surface area contributed by atoms with Crippen molar-refractivity contribution < 1.29 is 12.9 Å². The molecule has 1 aliphatic carbocycles. The molecule has 140 valence electrons. The van der Waals surface area contributed by atoms with Crippen molar-refractivity contribution in [3.8, 4) is 0 Å². The van der Waals surface area contributed by atoms with Crippen LogP contribution in [0.1, 0.15) is 43.4 Å². The van der Waals surface area contributed by atoms with Crippen LogP contribution in [0.3, 0.4) is 0 Å². The molecule has 0 bridgehead atoms. The zero-order chi connectivity index (χ0) is 18.3. The van der Waals surface area contributed by atoms with E-state index in [1.807, 2.05) is 13.0 Å². The van der Waals surface area contributed by atoms with Gasteiger partial charge in [0.1, 0.15) is 0 Å². The molecule has 2 fully saturated rings. The fourth-order valence-electron chi connectivity index (χ4n) is 3.19. The molecule has 1 saturated heterocycles. The van der Waals surface area contributed by atoms with Crippen LogP contribution in [-0.4, -0.2) is 53.9 Å². The summed E-state index contributed by atoms with van der Waals surface area (Å²) in [6, 6.07) is 6.82. The van der Waals surface area contributed by atoms with Crippen LogP contribution in [0.2, 0.25) is 0 Å². The third-order valence-electron chi connectivity index (χ3n) is 5.01. The molecule has 1 saturated carbocycles. The Kier molecular flexibility index (Phi) is 4.89. The van der Waals surface area contributed by atoms with Crippen molar-refractivity contribution in [2.75, 3.05) is 26.2 Å². The van der Waals surface area contributed by atoms with Crippen LogP contribution >= 0.6 is 15.9 Å². The van der Waals surface area contributed by atoms with Crippen molar-refractivity contribution in [3.63, 3.8) is 0 Å². The fourth-order valence-corrected chi connectivity index (χ4v) is 5.21. The lowest BCUT2D eigenvalue weighted by molar-refractivity contribution is 0.124. The van der Waals surface area contributed by atoms with Gasteiger partial charge in [-0.05, 0) is 38.0 Å². The maximum atomic E-state index is 12.8. The lowest BCUT2D eigenvalue weighted by Crippen LogP contribution is -2.49. The van der Waals surface area contributed by atoms with E-state index in [-0.39, 0.29) is 6.04 Å². The predicted octanol–water partition coefficient (Wildman–Crippen LogP) is 2.78. The number of hydrogen-bond donors (Lipinski definition) is 0. The summed E-state index contributed by atoms with van der Waals surface area (Å²) in [5.74, 6) is 1.89. The zero-order valence-corrected chi connectivity index (χ0v) is 16.9. The first kappa shape index (κ1) is 18.1. The summed E-state index contributed by atoms with van der Waals surface area (Å²) in [6.45, 7) is 4.19. The van der Waals surface area contributed by atoms with E-state index in [0.29, 0.717) is 42.9 Å². The van der Waals surface area contributed by atoms with E-state index < -0.39 is 10.0 Å². The third kappa shape index (κ3) is 3.58. The number of sulfonamides is 1. The van der Waals surface area contributed by atoms with Crippen LogP contribution in [0.4, 0.5) is 0 Å². The van der Waals surface area contributed by atoms with Gasteiger partial charge in [-0.1, -0.05) is 27.2 Å². The Morgan fingerprint density at radius 3 is 2.62 bits per heavy atom. The Morgan fingerprint density at radius 1 is 1.23 bits per heavy atom. The molecule has 7 nitrogen and oxygen atoms in total. The Labute approximate surface area is 161 Å². The summed E-state index contributed by atoms with van der Waals surface area (Å²) in [6.07, 6.45) is 2.28. The van der Waals surface area contributed by atoms with Crippen molar-refractivity contribution >= 4 is 26.0 Å². The second kappa shape index (κ2) is 7.03. The average molecular weight is 441 g/mol. The van der Waals surface area contributed by atoms with Crippen molar-refractivity contribution in [2.45, 2.75) is 36.6 Å². The molecular weight excluding hydrogens is 420 g/mol. The molecule has 0 amide bonds. The summed E-state index contributed by atoms with van der Waals surface area (Å²) < 4.78 is 33.4. The first-order chi connectivity index (χ1) is 12.4. The van der Waals surface area contributed by atoms with Gasteiger partial charge in [0, 0.05) is 36.6 Å². The molecule has 1 aromatic heterocycles. The van der Waals surface area contributed by atoms with Gasteiger partial charge in [0.25, 0.3) is 0 Å². The van der Waals surface area contributed by atoms with Crippen molar-refractivity contribution in [1.82, 2.24) is 19.3 Å². The van der Waals surface area contributed by atoms with Crippen LogP contribution in [0.15, 0.2) is 38.2 Å². The topological polar surface area (TPSA) is 79.5 Å². The maximum Gasteiger partial charge on any atom is 0.243 e. The van der Waals surface area contributed by atoms with Crippen LogP contribution in [-0.2, 0) is 10.0 Å². The van der Waals surface area contributed by atoms with E-state index in [9.17, 15) is 8.42 Å². The minimum absolute atomic E-state index is 0.00859. The highest BCUT2D eigenvalue weighted by Gasteiger charge is 2.33. The van der Waals surface area contributed by atoms with E-state index in [1.165, 1.54) is 0 Å². The van der Waals surface area contributed by atoms with E-state index in [1.54, 1.807) is 22.5 Å². The third-order valence-corrected chi connectivity index (χ3v) is 7.40. The Morgan fingerprint density at radius 2 is 1.96 bits per heavy atom. The Hall–Kier alpha value is -1.29. The highest BCUT2D eigenvalue weighted by atomic mass is 79.9. The Bertz CT molecular complexity index is 889. The lowest BCUT2D eigenvalue weighted by Gasteiger charge is -2.36. The molecule has 0 spiro atoms. The molecule has 1 unspecified atom stereocenters. The van der Waals surface area contributed by atoms with Crippen LogP contribution < -0.4 is 0 Å². The number of halogens is 1. The number of rotatable bonds is 5. The summed E-state index contributed by atoms with van der Waals surface area (Å²) in [4.78, 5) is 7.03. The SMILES string of the molecule is CC(c1nc(C2CC2)no1)N1CCN(S(=O)(=O)c2cccc(Br)c2)CC1. The standard InChI is InChI=1S/C17H21BrN4O3S/c1-12(17-19-16(20-25-17)13-5-6-13)21-7-9-22(10-8-21)26(23,24)15-4-2-3-14(18)11-15/h2-4,11-13H,5-10H2,1H3. The normalized spacial score (nSPS) is 21.0.